The number of fused-ring (bicyclic) bond motifs is 1. The van der Waals surface area contributed by atoms with Crippen molar-refractivity contribution >= 4 is 38.6 Å². The third kappa shape index (κ3) is 3.51. The minimum atomic E-state index is -0.0153. The van der Waals surface area contributed by atoms with Gasteiger partial charge in [0.1, 0.15) is 5.75 Å². The van der Waals surface area contributed by atoms with Crippen LogP contribution in [0.4, 0.5) is 0 Å². The standard InChI is InChI=1S/C20H15BrO2/c1-23-18-10-8-15-12-17(7-6-16(15)13-18)20(22)11-9-14-4-2-3-5-19(14)21/h2-13H,1H3/b11-9+. The van der Waals surface area contributed by atoms with Crippen LogP contribution < -0.4 is 4.74 Å². The lowest BCUT2D eigenvalue weighted by Gasteiger charge is -2.04. The van der Waals surface area contributed by atoms with E-state index in [1.807, 2.05) is 66.7 Å². The van der Waals surface area contributed by atoms with Crippen LogP contribution >= 0.6 is 15.9 Å². The van der Waals surface area contributed by atoms with Crippen LogP contribution in [0.1, 0.15) is 15.9 Å². The molecule has 2 nitrogen and oxygen atoms in total. The first kappa shape index (κ1) is 15.5. The highest BCUT2D eigenvalue weighted by atomic mass is 79.9. The largest absolute Gasteiger partial charge is 0.497 e. The van der Waals surface area contributed by atoms with Crippen molar-refractivity contribution in [3.05, 3.63) is 82.3 Å². The average molecular weight is 367 g/mol. The molecule has 0 aliphatic carbocycles. The quantitative estimate of drug-likeness (QED) is 0.449. The summed E-state index contributed by atoms with van der Waals surface area (Å²) in [5.74, 6) is 0.795. The highest BCUT2D eigenvalue weighted by Gasteiger charge is 2.04. The Hall–Kier alpha value is -2.39. The van der Waals surface area contributed by atoms with Gasteiger partial charge in [0.25, 0.3) is 0 Å². The second-order valence-corrected chi connectivity index (χ2v) is 6.00. The van der Waals surface area contributed by atoms with Crippen LogP contribution in [0.5, 0.6) is 5.75 Å². The Morgan fingerprint density at radius 1 is 1.00 bits per heavy atom. The van der Waals surface area contributed by atoms with E-state index >= 15 is 0 Å². The van der Waals surface area contributed by atoms with Gasteiger partial charge in [0.05, 0.1) is 7.11 Å². The molecule has 0 radical (unpaired) electrons. The van der Waals surface area contributed by atoms with E-state index in [0.717, 1.165) is 26.6 Å². The summed E-state index contributed by atoms with van der Waals surface area (Å²) in [5.41, 5.74) is 1.65. The van der Waals surface area contributed by atoms with Gasteiger partial charge in [0.2, 0.25) is 0 Å². The van der Waals surface area contributed by atoms with Crippen LogP contribution in [0.3, 0.4) is 0 Å². The number of halogens is 1. The van der Waals surface area contributed by atoms with E-state index in [4.69, 9.17) is 4.74 Å². The molecule has 0 saturated heterocycles. The maximum absolute atomic E-state index is 12.4. The minimum absolute atomic E-state index is 0.0153. The fourth-order valence-corrected chi connectivity index (χ4v) is 2.79. The number of allylic oxidation sites excluding steroid dienone is 1. The van der Waals surface area contributed by atoms with Gasteiger partial charge in [-0.15, -0.1) is 0 Å². The summed E-state index contributed by atoms with van der Waals surface area (Å²) in [6.07, 6.45) is 3.43. The van der Waals surface area contributed by atoms with E-state index < -0.39 is 0 Å². The van der Waals surface area contributed by atoms with Crippen LogP contribution in [-0.4, -0.2) is 12.9 Å². The number of hydrogen-bond acceptors (Lipinski definition) is 2. The van der Waals surface area contributed by atoms with Crippen molar-refractivity contribution in [1.82, 2.24) is 0 Å². The predicted octanol–water partition coefficient (Wildman–Crippen LogP) is 5.51. The van der Waals surface area contributed by atoms with Crippen molar-refractivity contribution in [1.29, 1.82) is 0 Å². The zero-order valence-electron chi connectivity index (χ0n) is 12.6. The molecule has 0 aromatic heterocycles. The monoisotopic (exact) mass is 366 g/mol. The lowest BCUT2D eigenvalue weighted by Crippen LogP contribution is -1.94. The number of hydrogen-bond donors (Lipinski definition) is 0. The van der Waals surface area contributed by atoms with Crippen LogP contribution in [0, 0.1) is 0 Å². The van der Waals surface area contributed by atoms with Gasteiger partial charge >= 0.3 is 0 Å². The second-order valence-electron chi connectivity index (χ2n) is 5.15. The summed E-state index contributed by atoms with van der Waals surface area (Å²) in [6, 6.07) is 19.3. The van der Waals surface area contributed by atoms with Gasteiger partial charge in [0, 0.05) is 10.0 Å². The van der Waals surface area contributed by atoms with Gasteiger partial charge < -0.3 is 4.74 Å². The Bertz CT molecular complexity index is 897. The molecule has 0 spiro atoms. The first-order valence-electron chi connectivity index (χ1n) is 7.22. The number of benzene rings is 3. The molecule has 3 heteroatoms. The van der Waals surface area contributed by atoms with Crippen molar-refractivity contribution in [3.8, 4) is 5.75 Å². The molecule has 3 rings (SSSR count). The number of ether oxygens (including phenoxy) is 1. The number of ketones is 1. The molecule has 0 atom stereocenters. The Kier molecular flexibility index (Phi) is 4.58. The molecule has 3 aromatic carbocycles. The molecule has 114 valence electrons. The van der Waals surface area contributed by atoms with Gasteiger partial charge in [-0.2, -0.15) is 0 Å². The lowest BCUT2D eigenvalue weighted by molar-refractivity contribution is 0.104. The highest BCUT2D eigenvalue weighted by molar-refractivity contribution is 9.10. The maximum Gasteiger partial charge on any atom is 0.185 e. The SMILES string of the molecule is COc1ccc2cc(C(=O)/C=C/c3ccccc3Br)ccc2c1. The fourth-order valence-electron chi connectivity index (χ4n) is 2.38. The summed E-state index contributed by atoms with van der Waals surface area (Å²) >= 11 is 3.47. The van der Waals surface area contributed by atoms with Crippen molar-refractivity contribution in [2.24, 2.45) is 0 Å². The average Bonchev–Trinajstić information content (AvgIpc) is 2.59. The van der Waals surface area contributed by atoms with Crippen molar-refractivity contribution in [3.63, 3.8) is 0 Å². The van der Waals surface area contributed by atoms with Crippen LogP contribution in [-0.2, 0) is 0 Å². The molecule has 0 aliphatic heterocycles. The van der Waals surface area contributed by atoms with Crippen molar-refractivity contribution in [2.45, 2.75) is 0 Å². The summed E-state index contributed by atoms with van der Waals surface area (Å²) in [7, 11) is 1.64. The van der Waals surface area contributed by atoms with Gasteiger partial charge in [-0.25, -0.2) is 0 Å². The molecule has 0 heterocycles. The van der Waals surface area contributed by atoms with E-state index in [9.17, 15) is 4.79 Å². The minimum Gasteiger partial charge on any atom is -0.497 e. The summed E-state index contributed by atoms with van der Waals surface area (Å²) in [5, 5.41) is 2.07. The molecule has 0 fully saturated rings. The predicted molar refractivity (Wildman–Crippen MR) is 98.0 cm³/mol. The number of rotatable bonds is 4. The molecule has 0 N–H and O–H groups in total. The summed E-state index contributed by atoms with van der Waals surface area (Å²) in [6.45, 7) is 0. The first-order valence-corrected chi connectivity index (χ1v) is 8.01. The van der Waals surface area contributed by atoms with Crippen molar-refractivity contribution in [2.75, 3.05) is 7.11 Å². The molecule has 23 heavy (non-hydrogen) atoms. The molecular formula is C20H15BrO2. The first-order chi connectivity index (χ1) is 11.2. The Morgan fingerprint density at radius 2 is 1.74 bits per heavy atom. The van der Waals surface area contributed by atoms with Crippen LogP contribution in [0.25, 0.3) is 16.8 Å². The molecule has 0 amide bonds. The molecule has 0 bridgehead atoms. The van der Waals surface area contributed by atoms with E-state index in [2.05, 4.69) is 15.9 Å². The van der Waals surface area contributed by atoms with Gasteiger partial charge in [-0.3, -0.25) is 4.79 Å². The zero-order valence-corrected chi connectivity index (χ0v) is 14.2. The summed E-state index contributed by atoms with van der Waals surface area (Å²) < 4.78 is 6.18. The van der Waals surface area contributed by atoms with Crippen LogP contribution in [0.15, 0.2) is 71.2 Å². The maximum atomic E-state index is 12.4. The van der Waals surface area contributed by atoms with Gasteiger partial charge in [-0.05, 0) is 52.8 Å². The van der Waals surface area contributed by atoms with E-state index in [0.29, 0.717) is 5.56 Å². The molecule has 0 aliphatic rings. The fraction of sp³-hybridized carbons (Fsp3) is 0.0500. The van der Waals surface area contributed by atoms with Crippen molar-refractivity contribution < 1.29 is 9.53 Å². The third-order valence-corrected chi connectivity index (χ3v) is 4.37. The van der Waals surface area contributed by atoms with Gasteiger partial charge in [-0.1, -0.05) is 52.3 Å². The normalized spacial score (nSPS) is 11.0. The van der Waals surface area contributed by atoms with Crippen LogP contribution in [0.2, 0.25) is 0 Å². The molecule has 3 aromatic rings. The topological polar surface area (TPSA) is 26.3 Å². The lowest BCUT2D eigenvalue weighted by atomic mass is 10.0. The molecule has 0 unspecified atom stereocenters. The number of carbonyl (C=O) groups excluding carboxylic acids is 1. The van der Waals surface area contributed by atoms with E-state index in [1.165, 1.54) is 0 Å². The number of methoxy groups -OCH3 is 1. The zero-order chi connectivity index (χ0) is 16.2. The van der Waals surface area contributed by atoms with E-state index in [1.54, 1.807) is 13.2 Å². The Labute approximate surface area is 143 Å². The summed E-state index contributed by atoms with van der Waals surface area (Å²) in [4.78, 5) is 12.4. The third-order valence-electron chi connectivity index (χ3n) is 3.65. The van der Waals surface area contributed by atoms with E-state index in [-0.39, 0.29) is 5.78 Å². The molecular weight excluding hydrogens is 352 g/mol. The Balaban J connectivity index is 1.88. The smallest absolute Gasteiger partial charge is 0.185 e. The molecule has 0 saturated carbocycles. The second kappa shape index (κ2) is 6.80. The Morgan fingerprint density at radius 3 is 2.52 bits per heavy atom. The highest BCUT2D eigenvalue weighted by Crippen LogP contribution is 2.23. The van der Waals surface area contributed by atoms with Gasteiger partial charge in [0.15, 0.2) is 5.78 Å². The number of carbonyl (C=O) groups is 1.